The molecule has 0 spiro atoms. The normalized spacial score (nSPS) is 15.7. The molecular weight excluding hydrogens is 447 g/mol. The first kappa shape index (κ1) is 22.9. The van der Waals surface area contributed by atoms with Crippen molar-refractivity contribution < 1.29 is 17.9 Å². The molecule has 0 radical (unpaired) electrons. The molecule has 1 aliphatic rings. The summed E-state index contributed by atoms with van der Waals surface area (Å²) in [7, 11) is -3.75. The molecule has 1 heterocycles. The van der Waals surface area contributed by atoms with Crippen LogP contribution in [0.25, 0.3) is 0 Å². The summed E-state index contributed by atoms with van der Waals surface area (Å²) < 4.78 is 32.7. The van der Waals surface area contributed by atoms with Gasteiger partial charge in [0.15, 0.2) is 0 Å². The number of piperidine rings is 1. The number of ether oxygens (including phenoxy) is 1. The Hall–Kier alpha value is -1.80. The van der Waals surface area contributed by atoms with Gasteiger partial charge in [-0.05, 0) is 55.7 Å². The molecule has 2 aromatic rings. The van der Waals surface area contributed by atoms with Gasteiger partial charge in [0, 0.05) is 24.0 Å². The number of nitrogens with zero attached hydrogens (tertiary/aromatic N) is 1. The molecule has 0 unspecified atom stereocenters. The number of halogens is 2. The summed E-state index contributed by atoms with van der Waals surface area (Å²) in [6, 6.07) is 12.1. The quantitative estimate of drug-likeness (QED) is 0.622. The molecule has 1 N–H and O–H groups in total. The summed E-state index contributed by atoms with van der Waals surface area (Å²) in [6.07, 6.45) is 0.893. The number of rotatable bonds is 7. The number of carbonyl (C=O) groups excluding carboxylic acids is 1. The standard InChI is InChI=1S/C21H24Cl2N2O4S/c1-15-3-2-4-18(13-15)29-12-9-24-21(26)16-7-10-25(11-8-16)30(27,28)20-14-17(22)5-6-19(20)23/h2-6,13-14,16H,7-12H2,1H3,(H,24,26). The molecule has 0 aromatic heterocycles. The molecule has 0 saturated carbocycles. The maximum atomic E-state index is 12.9. The fraction of sp³-hybridized carbons (Fsp3) is 0.381. The Bertz CT molecular complexity index is 1010. The SMILES string of the molecule is Cc1cccc(OCCNC(=O)C2CCN(S(=O)(=O)c3cc(Cl)ccc3Cl)CC2)c1. The number of carbonyl (C=O) groups is 1. The van der Waals surface area contributed by atoms with Gasteiger partial charge in [-0.3, -0.25) is 4.79 Å². The van der Waals surface area contributed by atoms with Gasteiger partial charge in [-0.15, -0.1) is 0 Å². The van der Waals surface area contributed by atoms with Crippen LogP contribution in [0.5, 0.6) is 5.75 Å². The molecule has 9 heteroatoms. The lowest BCUT2D eigenvalue weighted by Gasteiger charge is -2.30. The zero-order valence-electron chi connectivity index (χ0n) is 16.6. The third-order valence-electron chi connectivity index (χ3n) is 5.00. The van der Waals surface area contributed by atoms with Crippen LogP contribution in [0.15, 0.2) is 47.4 Å². The second-order valence-corrected chi connectivity index (χ2v) is 9.96. The average molecular weight is 471 g/mol. The van der Waals surface area contributed by atoms with Crippen molar-refractivity contribution in [3.05, 3.63) is 58.1 Å². The Morgan fingerprint density at radius 1 is 1.17 bits per heavy atom. The Kier molecular flexibility index (Phi) is 7.63. The zero-order valence-corrected chi connectivity index (χ0v) is 18.9. The molecule has 1 fully saturated rings. The van der Waals surface area contributed by atoms with E-state index in [0.29, 0.717) is 31.0 Å². The van der Waals surface area contributed by atoms with Crippen molar-refractivity contribution in [2.24, 2.45) is 5.92 Å². The van der Waals surface area contributed by atoms with E-state index < -0.39 is 10.0 Å². The predicted octanol–water partition coefficient (Wildman–Crippen LogP) is 3.90. The number of sulfonamides is 1. The highest BCUT2D eigenvalue weighted by Gasteiger charge is 2.33. The van der Waals surface area contributed by atoms with E-state index in [0.717, 1.165) is 11.3 Å². The molecule has 162 valence electrons. The van der Waals surface area contributed by atoms with Crippen LogP contribution in [0.1, 0.15) is 18.4 Å². The summed E-state index contributed by atoms with van der Waals surface area (Å²) in [5, 5.41) is 3.31. The fourth-order valence-corrected chi connectivity index (χ4v) is 5.57. The Morgan fingerprint density at radius 2 is 1.90 bits per heavy atom. The first-order valence-corrected chi connectivity index (χ1v) is 11.9. The molecule has 6 nitrogen and oxygen atoms in total. The molecule has 0 atom stereocenters. The van der Waals surface area contributed by atoms with Crippen LogP contribution in [0.4, 0.5) is 0 Å². The van der Waals surface area contributed by atoms with Crippen molar-refractivity contribution in [2.45, 2.75) is 24.7 Å². The van der Waals surface area contributed by atoms with E-state index in [9.17, 15) is 13.2 Å². The van der Waals surface area contributed by atoms with Crippen LogP contribution in [0.2, 0.25) is 10.0 Å². The van der Waals surface area contributed by atoms with Gasteiger partial charge in [-0.1, -0.05) is 35.3 Å². The minimum Gasteiger partial charge on any atom is -0.492 e. The van der Waals surface area contributed by atoms with Crippen LogP contribution in [-0.4, -0.2) is 44.9 Å². The minimum atomic E-state index is -3.75. The largest absolute Gasteiger partial charge is 0.492 e. The van der Waals surface area contributed by atoms with Crippen LogP contribution in [-0.2, 0) is 14.8 Å². The van der Waals surface area contributed by atoms with E-state index in [2.05, 4.69) is 5.32 Å². The van der Waals surface area contributed by atoms with Crippen LogP contribution in [0.3, 0.4) is 0 Å². The second-order valence-electron chi connectivity index (χ2n) is 7.21. The fourth-order valence-electron chi connectivity index (χ4n) is 3.36. The van der Waals surface area contributed by atoms with Gasteiger partial charge >= 0.3 is 0 Å². The van der Waals surface area contributed by atoms with Gasteiger partial charge in [0.1, 0.15) is 17.3 Å². The Balaban J connectivity index is 1.47. The highest BCUT2D eigenvalue weighted by molar-refractivity contribution is 7.89. The first-order valence-electron chi connectivity index (χ1n) is 9.70. The van der Waals surface area contributed by atoms with E-state index in [-0.39, 0.29) is 34.8 Å². The average Bonchev–Trinajstić information content (AvgIpc) is 2.73. The predicted molar refractivity (Wildman–Crippen MR) is 118 cm³/mol. The van der Waals surface area contributed by atoms with Crippen LogP contribution < -0.4 is 10.1 Å². The molecule has 0 bridgehead atoms. The summed E-state index contributed by atoms with van der Waals surface area (Å²) in [6.45, 7) is 3.26. The Morgan fingerprint density at radius 3 is 2.60 bits per heavy atom. The van der Waals surface area contributed by atoms with Gasteiger partial charge in [-0.2, -0.15) is 4.31 Å². The smallest absolute Gasteiger partial charge is 0.244 e. The lowest BCUT2D eigenvalue weighted by atomic mass is 9.97. The van der Waals surface area contributed by atoms with Gasteiger partial charge in [0.2, 0.25) is 15.9 Å². The number of nitrogens with one attached hydrogen (secondary N) is 1. The van der Waals surface area contributed by atoms with E-state index in [1.807, 2.05) is 31.2 Å². The molecule has 30 heavy (non-hydrogen) atoms. The van der Waals surface area contributed by atoms with E-state index in [4.69, 9.17) is 27.9 Å². The summed E-state index contributed by atoms with van der Waals surface area (Å²) in [5.74, 6) is 0.452. The van der Waals surface area contributed by atoms with Crippen molar-refractivity contribution in [3.8, 4) is 5.75 Å². The molecule has 1 aliphatic heterocycles. The lowest BCUT2D eigenvalue weighted by Crippen LogP contribution is -2.43. The van der Waals surface area contributed by atoms with E-state index in [1.54, 1.807) is 6.07 Å². The lowest BCUT2D eigenvalue weighted by molar-refractivity contribution is -0.126. The highest BCUT2D eigenvalue weighted by atomic mass is 35.5. The second kappa shape index (κ2) is 10.0. The monoisotopic (exact) mass is 470 g/mol. The minimum absolute atomic E-state index is 0.00661. The zero-order chi connectivity index (χ0) is 21.7. The number of amides is 1. The summed E-state index contributed by atoms with van der Waals surface area (Å²) in [5.41, 5.74) is 1.11. The molecule has 0 aliphatic carbocycles. The highest BCUT2D eigenvalue weighted by Crippen LogP contribution is 2.30. The summed E-state index contributed by atoms with van der Waals surface area (Å²) >= 11 is 12.0. The molecule has 1 amide bonds. The third-order valence-corrected chi connectivity index (χ3v) is 7.61. The molecule has 2 aromatic carbocycles. The van der Waals surface area contributed by atoms with Crippen molar-refractivity contribution in [1.82, 2.24) is 9.62 Å². The van der Waals surface area contributed by atoms with Crippen LogP contribution in [0, 0.1) is 12.8 Å². The number of hydrogen-bond donors (Lipinski definition) is 1. The topological polar surface area (TPSA) is 75.7 Å². The van der Waals surface area contributed by atoms with Crippen LogP contribution >= 0.6 is 23.2 Å². The van der Waals surface area contributed by atoms with E-state index >= 15 is 0 Å². The van der Waals surface area contributed by atoms with E-state index in [1.165, 1.54) is 16.4 Å². The van der Waals surface area contributed by atoms with Crippen molar-refractivity contribution in [1.29, 1.82) is 0 Å². The number of benzene rings is 2. The van der Waals surface area contributed by atoms with Gasteiger partial charge in [-0.25, -0.2) is 8.42 Å². The first-order chi connectivity index (χ1) is 14.3. The Labute approximate surface area is 187 Å². The molecule has 1 saturated heterocycles. The number of aryl methyl sites for hydroxylation is 1. The maximum Gasteiger partial charge on any atom is 0.244 e. The maximum absolute atomic E-state index is 12.9. The van der Waals surface area contributed by atoms with Gasteiger partial charge in [0.05, 0.1) is 11.6 Å². The van der Waals surface area contributed by atoms with Crippen molar-refractivity contribution in [2.75, 3.05) is 26.2 Å². The van der Waals surface area contributed by atoms with Gasteiger partial charge in [0.25, 0.3) is 0 Å². The van der Waals surface area contributed by atoms with Crippen molar-refractivity contribution >= 4 is 39.1 Å². The number of hydrogen-bond acceptors (Lipinski definition) is 4. The van der Waals surface area contributed by atoms with Crippen molar-refractivity contribution in [3.63, 3.8) is 0 Å². The third kappa shape index (κ3) is 5.66. The molecule has 3 rings (SSSR count). The van der Waals surface area contributed by atoms with Gasteiger partial charge < -0.3 is 10.1 Å². The summed E-state index contributed by atoms with van der Waals surface area (Å²) in [4.78, 5) is 12.4. The molecular formula is C21H24Cl2N2O4S.